The zero-order valence-electron chi connectivity index (χ0n) is 16.0. The van der Waals surface area contributed by atoms with Gasteiger partial charge in [-0.15, -0.1) is 0 Å². The third-order valence-corrected chi connectivity index (χ3v) is 4.32. The van der Waals surface area contributed by atoms with Gasteiger partial charge < -0.3 is 14.8 Å². The molecule has 2 aromatic rings. The summed E-state index contributed by atoms with van der Waals surface area (Å²) in [7, 11) is 1.48. The Balaban J connectivity index is 2.31. The van der Waals surface area contributed by atoms with Crippen molar-refractivity contribution in [3.63, 3.8) is 0 Å². The Labute approximate surface area is 169 Å². The minimum Gasteiger partial charge on any atom is -0.493 e. The van der Waals surface area contributed by atoms with Crippen molar-refractivity contribution in [1.82, 2.24) is 0 Å². The smallest absolute Gasteiger partial charge is 0.266 e. The van der Waals surface area contributed by atoms with Gasteiger partial charge in [0.2, 0.25) is 0 Å². The maximum absolute atomic E-state index is 12.5. The fraction of sp³-hybridized carbons (Fsp3) is 0.182. The van der Waals surface area contributed by atoms with Gasteiger partial charge in [0.25, 0.3) is 5.91 Å². The van der Waals surface area contributed by atoms with Crippen molar-refractivity contribution in [2.75, 3.05) is 19.0 Å². The second-order valence-electron chi connectivity index (χ2n) is 6.06. The number of carbonyl (C=O) groups excluding carboxylic acids is 1. The number of hydrogen-bond donors (Lipinski definition) is 1. The second-order valence-corrected chi connectivity index (χ2v) is 6.46. The number of aryl methyl sites for hydroxylation is 2. The number of nitriles is 1. The van der Waals surface area contributed by atoms with E-state index in [9.17, 15) is 10.1 Å². The quantitative estimate of drug-likeness (QED) is 0.402. The van der Waals surface area contributed by atoms with Gasteiger partial charge in [0.15, 0.2) is 11.5 Å². The molecule has 1 amide bonds. The standard InChI is InChI=1S/C22H21ClN2O3/c1-5-8-28-21-19(23)11-16(12-20(21)27-4)10-17(13-24)22(26)25-18-7-6-14(2)15(3)9-18/h5-7,9-12H,1,8H2,2-4H3,(H,25,26)/b17-10+. The predicted octanol–water partition coefficient (Wildman–Crippen LogP) is 5.08. The molecule has 5 nitrogen and oxygen atoms in total. The van der Waals surface area contributed by atoms with Crippen LogP contribution in [0, 0.1) is 25.2 Å². The topological polar surface area (TPSA) is 71.3 Å². The van der Waals surface area contributed by atoms with Crippen LogP contribution in [0.4, 0.5) is 5.69 Å². The fourth-order valence-corrected chi connectivity index (χ4v) is 2.71. The Morgan fingerprint density at radius 1 is 1.29 bits per heavy atom. The molecule has 0 unspecified atom stereocenters. The summed E-state index contributed by atoms with van der Waals surface area (Å²) in [6.07, 6.45) is 3.04. The van der Waals surface area contributed by atoms with Gasteiger partial charge in [-0.05, 0) is 60.9 Å². The van der Waals surface area contributed by atoms with Gasteiger partial charge in [-0.3, -0.25) is 4.79 Å². The van der Waals surface area contributed by atoms with Crippen molar-refractivity contribution >= 4 is 29.3 Å². The van der Waals surface area contributed by atoms with Gasteiger partial charge in [-0.1, -0.05) is 30.3 Å². The summed E-state index contributed by atoms with van der Waals surface area (Å²) < 4.78 is 10.8. The number of benzene rings is 2. The van der Waals surface area contributed by atoms with Crippen LogP contribution in [0.15, 0.2) is 48.6 Å². The fourth-order valence-electron chi connectivity index (χ4n) is 2.44. The number of anilines is 1. The summed E-state index contributed by atoms with van der Waals surface area (Å²) in [5.74, 6) is 0.264. The first-order chi connectivity index (χ1) is 13.4. The molecule has 1 N–H and O–H groups in total. The third-order valence-electron chi connectivity index (χ3n) is 4.04. The lowest BCUT2D eigenvalue weighted by molar-refractivity contribution is -0.112. The molecule has 0 saturated carbocycles. The molecule has 28 heavy (non-hydrogen) atoms. The Morgan fingerprint density at radius 2 is 2.04 bits per heavy atom. The molecule has 0 saturated heterocycles. The minimum atomic E-state index is -0.507. The zero-order valence-corrected chi connectivity index (χ0v) is 16.8. The van der Waals surface area contributed by atoms with Crippen LogP contribution < -0.4 is 14.8 Å². The number of hydrogen-bond acceptors (Lipinski definition) is 4. The number of ether oxygens (including phenoxy) is 2. The monoisotopic (exact) mass is 396 g/mol. The lowest BCUT2D eigenvalue weighted by Crippen LogP contribution is -2.13. The largest absolute Gasteiger partial charge is 0.493 e. The number of rotatable bonds is 7. The average molecular weight is 397 g/mol. The van der Waals surface area contributed by atoms with E-state index in [4.69, 9.17) is 21.1 Å². The van der Waals surface area contributed by atoms with E-state index in [0.29, 0.717) is 27.8 Å². The van der Waals surface area contributed by atoms with Crippen molar-refractivity contribution in [3.05, 3.63) is 70.3 Å². The first-order valence-electron chi connectivity index (χ1n) is 8.51. The van der Waals surface area contributed by atoms with E-state index >= 15 is 0 Å². The lowest BCUT2D eigenvalue weighted by atomic mass is 10.1. The number of amides is 1. The molecule has 2 aromatic carbocycles. The highest BCUT2D eigenvalue weighted by atomic mass is 35.5. The van der Waals surface area contributed by atoms with Gasteiger partial charge >= 0.3 is 0 Å². The van der Waals surface area contributed by atoms with E-state index in [1.165, 1.54) is 13.2 Å². The highest BCUT2D eigenvalue weighted by molar-refractivity contribution is 6.32. The molecule has 0 heterocycles. The number of halogens is 1. The normalized spacial score (nSPS) is 10.8. The average Bonchev–Trinajstić information content (AvgIpc) is 2.67. The molecule has 0 aliphatic carbocycles. The van der Waals surface area contributed by atoms with Crippen molar-refractivity contribution in [1.29, 1.82) is 5.26 Å². The van der Waals surface area contributed by atoms with Crippen LogP contribution in [0.3, 0.4) is 0 Å². The van der Waals surface area contributed by atoms with Gasteiger partial charge in [0.05, 0.1) is 12.1 Å². The van der Waals surface area contributed by atoms with Crippen LogP contribution in [-0.4, -0.2) is 19.6 Å². The van der Waals surface area contributed by atoms with E-state index in [1.807, 2.05) is 32.0 Å². The van der Waals surface area contributed by atoms with E-state index in [2.05, 4.69) is 11.9 Å². The maximum Gasteiger partial charge on any atom is 0.266 e. The van der Waals surface area contributed by atoms with E-state index < -0.39 is 5.91 Å². The summed E-state index contributed by atoms with van der Waals surface area (Å²) in [5.41, 5.74) is 3.27. The molecule has 0 atom stereocenters. The molecular weight excluding hydrogens is 376 g/mol. The molecule has 0 aliphatic rings. The van der Waals surface area contributed by atoms with Crippen LogP contribution >= 0.6 is 11.6 Å². The van der Waals surface area contributed by atoms with Crippen LogP contribution in [0.2, 0.25) is 5.02 Å². The van der Waals surface area contributed by atoms with Crippen molar-refractivity contribution < 1.29 is 14.3 Å². The van der Waals surface area contributed by atoms with Crippen molar-refractivity contribution in [2.45, 2.75) is 13.8 Å². The van der Waals surface area contributed by atoms with Gasteiger partial charge in [0, 0.05) is 5.69 Å². The molecular formula is C22H21ClN2O3. The van der Waals surface area contributed by atoms with Crippen LogP contribution in [-0.2, 0) is 4.79 Å². The maximum atomic E-state index is 12.5. The highest BCUT2D eigenvalue weighted by Crippen LogP contribution is 2.37. The molecule has 0 spiro atoms. The predicted molar refractivity (Wildman–Crippen MR) is 112 cm³/mol. The van der Waals surface area contributed by atoms with Crippen LogP contribution in [0.5, 0.6) is 11.5 Å². The van der Waals surface area contributed by atoms with Crippen LogP contribution in [0.1, 0.15) is 16.7 Å². The summed E-state index contributed by atoms with van der Waals surface area (Å²) >= 11 is 6.27. The van der Waals surface area contributed by atoms with E-state index in [0.717, 1.165) is 11.1 Å². The molecule has 144 valence electrons. The van der Waals surface area contributed by atoms with Crippen molar-refractivity contribution in [2.24, 2.45) is 0 Å². The Bertz CT molecular complexity index is 974. The third kappa shape index (κ3) is 5.15. The lowest BCUT2D eigenvalue weighted by Gasteiger charge is -2.12. The number of methoxy groups -OCH3 is 1. The van der Waals surface area contributed by atoms with E-state index in [1.54, 1.807) is 24.3 Å². The SMILES string of the molecule is C=CCOc1c(Cl)cc(/C=C(\C#N)C(=O)Nc2ccc(C)c(C)c2)cc1OC. The molecule has 0 radical (unpaired) electrons. The number of carbonyl (C=O) groups is 1. The van der Waals surface area contributed by atoms with Gasteiger partial charge in [-0.2, -0.15) is 5.26 Å². The highest BCUT2D eigenvalue weighted by Gasteiger charge is 2.14. The van der Waals surface area contributed by atoms with Gasteiger partial charge in [0.1, 0.15) is 18.2 Å². The van der Waals surface area contributed by atoms with Crippen molar-refractivity contribution in [3.8, 4) is 17.6 Å². The van der Waals surface area contributed by atoms with Crippen LogP contribution in [0.25, 0.3) is 6.08 Å². The first-order valence-corrected chi connectivity index (χ1v) is 8.89. The molecule has 0 aliphatic heterocycles. The molecule has 0 bridgehead atoms. The number of nitrogens with zero attached hydrogens (tertiary/aromatic N) is 1. The summed E-state index contributed by atoms with van der Waals surface area (Å²) in [4.78, 5) is 12.5. The first kappa shape index (κ1) is 21.1. The Morgan fingerprint density at radius 3 is 2.64 bits per heavy atom. The number of nitrogens with one attached hydrogen (secondary N) is 1. The summed E-state index contributed by atoms with van der Waals surface area (Å²) in [5, 5.41) is 12.5. The molecule has 6 heteroatoms. The molecule has 0 fully saturated rings. The van der Waals surface area contributed by atoms with E-state index in [-0.39, 0.29) is 12.2 Å². The Hall–Kier alpha value is -3.23. The zero-order chi connectivity index (χ0) is 20.7. The van der Waals surface area contributed by atoms with Gasteiger partial charge in [-0.25, -0.2) is 0 Å². The summed E-state index contributed by atoms with van der Waals surface area (Å²) in [6, 6.07) is 10.7. The molecule has 0 aromatic heterocycles. The molecule has 2 rings (SSSR count). The Kier molecular flexibility index (Phi) is 7.25. The minimum absolute atomic E-state index is 0.0592. The second kappa shape index (κ2) is 9.63. The summed E-state index contributed by atoms with van der Waals surface area (Å²) in [6.45, 7) is 7.81.